The molecule has 1 rings (SSSR count). The molecule has 1 aromatic rings. The van der Waals surface area contributed by atoms with Gasteiger partial charge in [0.2, 0.25) is 11.5 Å². The second kappa shape index (κ2) is 10.3. The van der Waals surface area contributed by atoms with Crippen molar-refractivity contribution in [2.75, 3.05) is 19.9 Å². The maximum absolute atomic E-state index is 14.2. The van der Waals surface area contributed by atoms with Gasteiger partial charge in [0.15, 0.2) is 0 Å². The fraction of sp³-hybridized carbons (Fsp3) is 0.250. The third-order valence-corrected chi connectivity index (χ3v) is 4.46. The van der Waals surface area contributed by atoms with Gasteiger partial charge in [0.05, 0.1) is 17.9 Å². The van der Waals surface area contributed by atoms with Gasteiger partial charge in [0.25, 0.3) is 0 Å². The lowest BCUT2D eigenvalue weighted by Gasteiger charge is -2.22. The van der Waals surface area contributed by atoms with Crippen LogP contribution in [-0.2, 0) is 14.3 Å². The number of rotatable bonds is 6. The highest BCUT2D eigenvalue weighted by molar-refractivity contribution is 8.14. The Bertz CT molecular complexity index is 860. The number of urea groups is 1. The molecule has 1 aromatic carbocycles. The SMILES string of the molecule is COC(=O)CSC(=O)c1cc(/C=C(\N(C)C(=O)NC=O)C(F)(F)F)c(F)cc1Cl. The summed E-state index contributed by atoms with van der Waals surface area (Å²) in [5.74, 6) is -2.32. The topological polar surface area (TPSA) is 92.8 Å². The Hall–Kier alpha value is -2.60. The van der Waals surface area contributed by atoms with Crippen LogP contribution < -0.4 is 5.32 Å². The first kappa shape index (κ1) is 24.4. The molecule has 29 heavy (non-hydrogen) atoms. The molecule has 0 radical (unpaired) electrons. The lowest BCUT2D eigenvalue weighted by molar-refractivity contribution is -0.137. The summed E-state index contributed by atoms with van der Waals surface area (Å²) in [6, 6.07) is -0.0387. The number of imide groups is 1. The maximum atomic E-state index is 14.2. The van der Waals surface area contributed by atoms with Gasteiger partial charge in [-0.2, -0.15) is 13.2 Å². The fourth-order valence-corrected chi connectivity index (χ4v) is 2.85. The molecule has 13 heteroatoms. The minimum atomic E-state index is -5.11. The predicted octanol–water partition coefficient (Wildman–Crippen LogP) is 3.23. The number of allylic oxidation sites excluding steroid dienone is 1. The summed E-state index contributed by atoms with van der Waals surface area (Å²) < 4.78 is 58.5. The standard InChI is InChI=1S/C16H13ClF4N2O5S/c1-23(15(27)22-7-24)12(16(19,20)21)4-8-3-9(10(17)5-11(8)18)14(26)29-6-13(25)28-2/h3-5,7H,6H2,1-2H3,(H,22,24,27)/b12-4-. The molecule has 0 aliphatic rings. The van der Waals surface area contributed by atoms with E-state index in [0.29, 0.717) is 24.9 Å². The van der Waals surface area contributed by atoms with Gasteiger partial charge in [0, 0.05) is 18.2 Å². The zero-order chi connectivity index (χ0) is 22.4. The van der Waals surface area contributed by atoms with E-state index in [2.05, 4.69) is 4.74 Å². The summed E-state index contributed by atoms with van der Waals surface area (Å²) >= 11 is 6.24. The van der Waals surface area contributed by atoms with Crippen LogP contribution in [0.5, 0.6) is 0 Å². The van der Waals surface area contributed by atoms with Crippen molar-refractivity contribution in [3.8, 4) is 0 Å². The molecular weight excluding hydrogens is 444 g/mol. The van der Waals surface area contributed by atoms with E-state index in [0.717, 1.165) is 13.2 Å². The van der Waals surface area contributed by atoms with Crippen LogP contribution in [0.2, 0.25) is 5.02 Å². The number of methoxy groups -OCH3 is 1. The molecular formula is C16H13ClF4N2O5S. The quantitative estimate of drug-likeness (QED) is 0.401. The number of benzene rings is 1. The number of hydrogen-bond donors (Lipinski definition) is 1. The van der Waals surface area contributed by atoms with E-state index in [9.17, 15) is 36.7 Å². The van der Waals surface area contributed by atoms with Crippen molar-refractivity contribution in [3.63, 3.8) is 0 Å². The van der Waals surface area contributed by atoms with Crippen LogP contribution in [-0.4, -0.2) is 54.5 Å². The third kappa shape index (κ3) is 6.75. The van der Waals surface area contributed by atoms with Crippen molar-refractivity contribution in [1.82, 2.24) is 10.2 Å². The van der Waals surface area contributed by atoms with E-state index in [1.54, 1.807) is 0 Å². The summed E-state index contributed by atoms with van der Waals surface area (Å²) in [5.41, 5.74) is -2.66. The number of hydrogen-bond acceptors (Lipinski definition) is 6. The van der Waals surface area contributed by atoms with Crippen molar-refractivity contribution in [3.05, 3.63) is 39.8 Å². The van der Waals surface area contributed by atoms with E-state index >= 15 is 0 Å². The summed E-state index contributed by atoms with van der Waals surface area (Å²) in [5, 5.41) is 0.323. The summed E-state index contributed by atoms with van der Waals surface area (Å²) in [6.07, 6.45) is -4.95. The summed E-state index contributed by atoms with van der Waals surface area (Å²) in [7, 11) is 1.81. The Labute approximate surface area is 171 Å². The zero-order valence-electron chi connectivity index (χ0n) is 14.8. The number of carbonyl (C=O) groups excluding carboxylic acids is 4. The number of carbonyl (C=O) groups is 4. The monoisotopic (exact) mass is 456 g/mol. The average molecular weight is 457 g/mol. The molecule has 0 atom stereocenters. The maximum Gasteiger partial charge on any atom is 0.431 e. The molecule has 0 bridgehead atoms. The summed E-state index contributed by atoms with van der Waals surface area (Å²) in [6.45, 7) is 0. The Balaban J connectivity index is 3.39. The first-order valence-corrected chi connectivity index (χ1v) is 8.78. The number of amides is 3. The number of nitrogens with zero attached hydrogens (tertiary/aromatic N) is 1. The molecule has 0 saturated heterocycles. The van der Waals surface area contributed by atoms with Crippen molar-refractivity contribution >= 4 is 53.0 Å². The second-order valence-electron chi connectivity index (χ2n) is 5.16. The van der Waals surface area contributed by atoms with E-state index in [4.69, 9.17) is 11.6 Å². The second-order valence-corrected chi connectivity index (χ2v) is 6.51. The van der Waals surface area contributed by atoms with Gasteiger partial charge < -0.3 is 4.74 Å². The van der Waals surface area contributed by atoms with Gasteiger partial charge >= 0.3 is 18.2 Å². The van der Waals surface area contributed by atoms with Gasteiger partial charge in [-0.15, -0.1) is 0 Å². The predicted molar refractivity (Wildman–Crippen MR) is 96.6 cm³/mol. The molecule has 0 aliphatic heterocycles. The van der Waals surface area contributed by atoms with Crippen molar-refractivity contribution in [2.45, 2.75) is 6.18 Å². The normalized spacial score (nSPS) is 11.6. The molecule has 0 unspecified atom stereocenters. The minimum Gasteiger partial charge on any atom is -0.468 e. The molecule has 3 amide bonds. The van der Waals surface area contributed by atoms with Crippen LogP contribution >= 0.6 is 23.4 Å². The molecule has 0 aromatic heterocycles. The van der Waals surface area contributed by atoms with Crippen molar-refractivity contribution < 1.29 is 41.5 Å². The number of halogens is 5. The van der Waals surface area contributed by atoms with Gasteiger partial charge in [-0.1, -0.05) is 23.4 Å². The lowest BCUT2D eigenvalue weighted by atomic mass is 10.1. The van der Waals surface area contributed by atoms with Gasteiger partial charge in [-0.05, 0) is 18.2 Å². The van der Waals surface area contributed by atoms with E-state index in [1.165, 1.54) is 5.32 Å². The van der Waals surface area contributed by atoms with Crippen molar-refractivity contribution in [2.24, 2.45) is 0 Å². The van der Waals surface area contributed by atoms with E-state index < -0.39 is 46.1 Å². The fourth-order valence-electron chi connectivity index (χ4n) is 1.87. The minimum absolute atomic E-state index is 0.0515. The van der Waals surface area contributed by atoms with Crippen LogP contribution in [0.3, 0.4) is 0 Å². The molecule has 0 spiro atoms. The third-order valence-electron chi connectivity index (χ3n) is 3.29. The molecule has 1 N–H and O–H groups in total. The molecule has 0 saturated carbocycles. The van der Waals surface area contributed by atoms with E-state index in [-0.39, 0.29) is 28.0 Å². The van der Waals surface area contributed by atoms with Gasteiger partial charge in [-0.3, -0.25) is 24.6 Å². The molecule has 0 aliphatic carbocycles. The molecule has 158 valence electrons. The molecule has 0 fully saturated rings. The van der Waals surface area contributed by atoms with Crippen LogP contribution in [0.15, 0.2) is 17.8 Å². The van der Waals surface area contributed by atoms with Crippen LogP contribution in [0, 0.1) is 5.82 Å². The zero-order valence-corrected chi connectivity index (χ0v) is 16.4. The highest BCUT2D eigenvalue weighted by atomic mass is 35.5. The lowest BCUT2D eigenvalue weighted by Crippen LogP contribution is -2.40. The van der Waals surface area contributed by atoms with Crippen LogP contribution in [0.4, 0.5) is 22.4 Å². The number of thioether (sulfide) groups is 1. The Kier molecular flexibility index (Phi) is 8.64. The largest absolute Gasteiger partial charge is 0.468 e. The van der Waals surface area contributed by atoms with Crippen molar-refractivity contribution in [1.29, 1.82) is 0 Å². The summed E-state index contributed by atoms with van der Waals surface area (Å²) in [4.78, 5) is 45.1. The Morgan fingerprint density at radius 3 is 2.45 bits per heavy atom. The number of alkyl halides is 3. The van der Waals surface area contributed by atoms with Gasteiger partial charge in [0.1, 0.15) is 11.5 Å². The first-order valence-electron chi connectivity index (χ1n) is 7.42. The smallest absolute Gasteiger partial charge is 0.431 e. The van der Waals surface area contributed by atoms with Crippen LogP contribution in [0.25, 0.3) is 6.08 Å². The number of ether oxygens (including phenoxy) is 1. The Morgan fingerprint density at radius 2 is 1.93 bits per heavy atom. The highest BCUT2D eigenvalue weighted by Gasteiger charge is 2.39. The van der Waals surface area contributed by atoms with Crippen LogP contribution in [0.1, 0.15) is 15.9 Å². The number of esters is 1. The highest BCUT2D eigenvalue weighted by Crippen LogP contribution is 2.32. The first-order chi connectivity index (χ1) is 13.4. The molecule has 7 nitrogen and oxygen atoms in total. The van der Waals surface area contributed by atoms with Gasteiger partial charge in [-0.25, -0.2) is 9.18 Å². The molecule has 0 heterocycles. The average Bonchev–Trinajstić information content (AvgIpc) is 2.63. The number of nitrogens with one attached hydrogen (secondary N) is 1. The van der Waals surface area contributed by atoms with E-state index in [1.807, 2.05) is 0 Å². The Morgan fingerprint density at radius 1 is 1.31 bits per heavy atom.